The van der Waals surface area contributed by atoms with Gasteiger partial charge in [-0.1, -0.05) is 18.2 Å². The molecule has 0 saturated heterocycles. The molecule has 1 aromatic rings. The van der Waals surface area contributed by atoms with Crippen LogP contribution in [0.15, 0.2) is 30.3 Å². The van der Waals surface area contributed by atoms with E-state index in [9.17, 15) is 18.0 Å². The molecule has 0 aliphatic heterocycles. The number of thiocarbonyl (C=S) groups is 1. The van der Waals surface area contributed by atoms with Gasteiger partial charge in [0.15, 0.2) is 0 Å². The Morgan fingerprint density at radius 2 is 1.95 bits per heavy atom. The van der Waals surface area contributed by atoms with Gasteiger partial charge >= 0.3 is 12.1 Å². The lowest BCUT2D eigenvalue weighted by molar-refractivity contribution is -0.174. The molecule has 20 heavy (non-hydrogen) atoms. The molecule has 0 aliphatic rings. The molecule has 1 rings (SSSR count). The predicted octanol–water partition coefficient (Wildman–Crippen LogP) is 3.79. The molecule has 1 unspecified atom stereocenters. The van der Waals surface area contributed by atoms with Crippen LogP contribution in [0.25, 0.3) is 0 Å². The van der Waals surface area contributed by atoms with Crippen LogP contribution in [0.5, 0.6) is 0 Å². The topological polar surface area (TPSA) is 35.5 Å². The van der Waals surface area contributed by atoms with Gasteiger partial charge < -0.3 is 9.47 Å². The van der Waals surface area contributed by atoms with Gasteiger partial charge in [-0.2, -0.15) is 13.2 Å². The van der Waals surface area contributed by atoms with Gasteiger partial charge in [0.1, 0.15) is 0 Å². The molecule has 0 heterocycles. The minimum Gasteiger partial charge on any atom is -0.479 e. The maximum absolute atomic E-state index is 12.8. The van der Waals surface area contributed by atoms with Crippen molar-refractivity contribution in [2.75, 3.05) is 6.61 Å². The molecular formula is C12H11F3O3S2. The first-order chi connectivity index (χ1) is 9.34. The van der Waals surface area contributed by atoms with Gasteiger partial charge in [-0.25, -0.2) is 4.79 Å². The van der Waals surface area contributed by atoms with Crippen molar-refractivity contribution in [1.82, 2.24) is 0 Å². The van der Waals surface area contributed by atoms with Crippen molar-refractivity contribution in [2.45, 2.75) is 18.5 Å². The van der Waals surface area contributed by atoms with E-state index >= 15 is 0 Å². The second-order valence-corrected chi connectivity index (χ2v) is 5.11. The summed E-state index contributed by atoms with van der Waals surface area (Å²) >= 11 is 4.76. The van der Waals surface area contributed by atoms with Crippen LogP contribution in [-0.4, -0.2) is 28.6 Å². The number of alkyl halides is 3. The number of esters is 1. The Balaban J connectivity index is 2.75. The van der Waals surface area contributed by atoms with Crippen molar-refractivity contribution in [2.24, 2.45) is 0 Å². The number of halogens is 3. The normalized spacial score (nSPS) is 12.6. The van der Waals surface area contributed by atoms with Crippen LogP contribution in [0.1, 0.15) is 17.3 Å². The highest BCUT2D eigenvalue weighted by Gasteiger charge is 2.45. The fraction of sp³-hybridized carbons (Fsp3) is 0.333. The van der Waals surface area contributed by atoms with Gasteiger partial charge in [0, 0.05) is 0 Å². The van der Waals surface area contributed by atoms with E-state index in [0.29, 0.717) is 0 Å². The number of carbonyl (C=O) groups is 1. The summed E-state index contributed by atoms with van der Waals surface area (Å²) in [5, 5.41) is 0. The highest BCUT2D eigenvalue weighted by atomic mass is 32.2. The van der Waals surface area contributed by atoms with Gasteiger partial charge in [-0.15, -0.1) is 0 Å². The summed E-state index contributed by atoms with van der Waals surface area (Å²) in [6, 6.07) is 7.41. The summed E-state index contributed by atoms with van der Waals surface area (Å²) in [5.74, 6) is -1.07. The number of ether oxygens (including phenoxy) is 2. The Morgan fingerprint density at radius 3 is 2.45 bits per heavy atom. The SMILES string of the molecule is CCOC(=S)SC(OC(=O)c1ccccc1)C(F)(F)F. The molecule has 0 N–H and O–H groups in total. The summed E-state index contributed by atoms with van der Waals surface area (Å²) in [6.45, 7) is 1.73. The molecule has 1 atom stereocenters. The van der Waals surface area contributed by atoms with Gasteiger partial charge in [0.25, 0.3) is 5.44 Å². The minimum atomic E-state index is -4.74. The van der Waals surface area contributed by atoms with Crippen molar-refractivity contribution >= 4 is 34.3 Å². The van der Waals surface area contributed by atoms with Crippen LogP contribution in [-0.2, 0) is 9.47 Å². The van der Waals surface area contributed by atoms with Crippen molar-refractivity contribution < 1.29 is 27.4 Å². The fourth-order valence-electron chi connectivity index (χ4n) is 1.14. The average molecular weight is 324 g/mol. The molecule has 0 saturated carbocycles. The maximum atomic E-state index is 12.8. The number of carbonyl (C=O) groups excluding carboxylic acids is 1. The van der Waals surface area contributed by atoms with Crippen LogP contribution >= 0.6 is 24.0 Å². The molecule has 0 radical (unpaired) electrons. The third-order valence-corrected chi connectivity index (χ3v) is 3.25. The van der Waals surface area contributed by atoms with E-state index in [1.165, 1.54) is 24.3 Å². The van der Waals surface area contributed by atoms with E-state index < -0.39 is 17.6 Å². The molecular weight excluding hydrogens is 313 g/mol. The third-order valence-electron chi connectivity index (χ3n) is 1.96. The van der Waals surface area contributed by atoms with E-state index in [2.05, 4.69) is 17.0 Å². The first-order valence-corrected chi connectivity index (χ1v) is 6.79. The number of rotatable bonds is 4. The molecule has 0 spiro atoms. The molecule has 0 bridgehead atoms. The highest BCUT2D eigenvalue weighted by Crippen LogP contribution is 2.33. The second kappa shape index (κ2) is 7.49. The summed E-state index contributed by atoms with van der Waals surface area (Å²) in [4.78, 5) is 11.6. The van der Waals surface area contributed by atoms with Gasteiger partial charge in [-0.3, -0.25) is 0 Å². The summed E-state index contributed by atoms with van der Waals surface area (Å²) < 4.78 is 47.2. The molecule has 8 heteroatoms. The Bertz CT molecular complexity index is 463. The van der Waals surface area contributed by atoms with Crippen molar-refractivity contribution in [3.63, 3.8) is 0 Å². The van der Waals surface area contributed by atoms with E-state index in [4.69, 9.17) is 4.74 Å². The number of benzene rings is 1. The average Bonchev–Trinajstić information content (AvgIpc) is 2.38. The lowest BCUT2D eigenvalue weighted by Gasteiger charge is -2.20. The van der Waals surface area contributed by atoms with Crippen LogP contribution in [0.3, 0.4) is 0 Å². The minimum absolute atomic E-state index is 0.0321. The zero-order valence-corrected chi connectivity index (χ0v) is 12.0. The molecule has 0 aromatic heterocycles. The zero-order chi connectivity index (χ0) is 15.2. The Morgan fingerprint density at radius 1 is 1.35 bits per heavy atom. The number of hydrogen-bond acceptors (Lipinski definition) is 5. The molecule has 0 amide bonds. The lowest BCUT2D eigenvalue weighted by Crippen LogP contribution is -2.32. The smallest absolute Gasteiger partial charge is 0.435 e. The molecule has 1 aromatic carbocycles. The zero-order valence-electron chi connectivity index (χ0n) is 10.3. The van der Waals surface area contributed by atoms with E-state index in [1.807, 2.05) is 0 Å². The van der Waals surface area contributed by atoms with Gasteiger partial charge in [-0.05, 0) is 43.0 Å². The van der Waals surface area contributed by atoms with Gasteiger partial charge in [0.2, 0.25) is 4.38 Å². The van der Waals surface area contributed by atoms with Crippen molar-refractivity contribution in [3.05, 3.63) is 35.9 Å². The van der Waals surface area contributed by atoms with Crippen LogP contribution < -0.4 is 0 Å². The highest BCUT2D eigenvalue weighted by molar-refractivity contribution is 8.22. The first kappa shape index (κ1) is 16.8. The van der Waals surface area contributed by atoms with Crippen molar-refractivity contribution in [1.29, 1.82) is 0 Å². The van der Waals surface area contributed by atoms with Crippen LogP contribution in [0, 0.1) is 0 Å². The largest absolute Gasteiger partial charge is 0.479 e. The van der Waals surface area contributed by atoms with E-state index in [-0.39, 0.29) is 28.3 Å². The Hall–Kier alpha value is -1.28. The van der Waals surface area contributed by atoms with Gasteiger partial charge in [0.05, 0.1) is 12.2 Å². The van der Waals surface area contributed by atoms with E-state index in [1.54, 1.807) is 13.0 Å². The molecule has 0 fully saturated rings. The van der Waals surface area contributed by atoms with Crippen LogP contribution in [0.2, 0.25) is 0 Å². The quantitative estimate of drug-likeness (QED) is 0.478. The Kier molecular flexibility index (Phi) is 6.28. The summed E-state index contributed by atoms with van der Waals surface area (Å²) in [6.07, 6.45) is -4.74. The van der Waals surface area contributed by atoms with E-state index in [0.717, 1.165) is 0 Å². The summed E-state index contributed by atoms with van der Waals surface area (Å²) in [5.41, 5.74) is -2.36. The maximum Gasteiger partial charge on any atom is 0.435 e. The second-order valence-electron chi connectivity index (χ2n) is 3.45. The number of thioether (sulfide) groups is 1. The summed E-state index contributed by atoms with van der Waals surface area (Å²) in [7, 11) is 0. The monoisotopic (exact) mass is 324 g/mol. The molecule has 110 valence electrons. The molecule has 0 aliphatic carbocycles. The van der Waals surface area contributed by atoms with Crippen molar-refractivity contribution in [3.8, 4) is 0 Å². The third kappa shape index (κ3) is 5.38. The lowest BCUT2D eigenvalue weighted by atomic mass is 10.2. The standard InChI is InChI=1S/C12H11F3O3S2/c1-2-17-11(19)20-10(12(13,14)15)18-9(16)8-6-4-3-5-7-8/h3-7,10H,2H2,1H3. The van der Waals surface area contributed by atoms with Crippen LogP contribution in [0.4, 0.5) is 13.2 Å². The first-order valence-electron chi connectivity index (χ1n) is 5.50. The molecule has 3 nitrogen and oxygen atoms in total. The Labute approximate surface area is 123 Å². The predicted molar refractivity (Wildman–Crippen MR) is 73.5 cm³/mol. The number of hydrogen-bond donors (Lipinski definition) is 0. The fourth-order valence-corrected chi connectivity index (χ4v) is 2.15.